The summed E-state index contributed by atoms with van der Waals surface area (Å²) in [4.78, 5) is 14.3. The number of nitrogens with zero attached hydrogens (tertiary/aromatic N) is 2. The number of amides is 1. The third kappa shape index (κ3) is 4.63. The molecule has 4 rings (SSSR count). The number of sulfonamides is 1. The molecule has 5 nitrogen and oxygen atoms in total. The van der Waals surface area contributed by atoms with Gasteiger partial charge in [0.2, 0.25) is 15.9 Å². The molecule has 0 radical (unpaired) electrons. The molecule has 1 fully saturated rings. The quantitative estimate of drug-likeness (QED) is 0.590. The molecular weight excluding hydrogens is 441 g/mol. The number of carbonyl (C=O) groups excluding carboxylic acids is 1. The number of hydrogen-bond acceptors (Lipinski definition) is 3. The van der Waals surface area contributed by atoms with Gasteiger partial charge in [-0.15, -0.1) is 0 Å². The van der Waals surface area contributed by atoms with Crippen LogP contribution in [0.1, 0.15) is 11.1 Å². The number of carbonyl (C=O) groups is 1. The molecule has 0 atom stereocenters. The summed E-state index contributed by atoms with van der Waals surface area (Å²) in [6.07, 6.45) is -4.45. The summed E-state index contributed by atoms with van der Waals surface area (Å²) in [5, 5.41) is 1.78. The van der Waals surface area contributed by atoms with Crippen molar-refractivity contribution in [2.45, 2.75) is 17.5 Å². The molecule has 1 saturated heterocycles. The number of hydrogen-bond donors (Lipinski definition) is 0. The van der Waals surface area contributed by atoms with E-state index in [0.29, 0.717) is 5.56 Å². The number of rotatable bonds is 4. The minimum Gasteiger partial charge on any atom is -0.340 e. The molecule has 0 aromatic heterocycles. The summed E-state index contributed by atoms with van der Waals surface area (Å²) >= 11 is 0. The number of fused-ring (bicyclic) bond motifs is 1. The molecule has 1 aliphatic rings. The second kappa shape index (κ2) is 8.55. The fourth-order valence-corrected chi connectivity index (χ4v) is 5.21. The maximum atomic E-state index is 13.0. The van der Waals surface area contributed by atoms with Crippen molar-refractivity contribution in [1.29, 1.82) is 0 Å². The summed E-state index contributed by atoms with van der Waals surface area (Å²) in [5.41, 5.74) is -0.282. The Balaban J connectivity index is 1.39. The van der Waals surface area contributed by atoms with Gasteiger partial charge in [0.1, 0.15) is 0 Å². The molecule has 32 heavy (non-hydrogen) atoms. The fourth-order valence-electron chi connectivity index (χ4n) is 3.75. The van der Waals surface area contributed by atoms with Crippen LogP contribution >= 0.6 is 0 Å². The van der Waals surface area contributed by atoms with Gasteiger partial charge in [-0.3, -0.25) is 4.79 Å². The molecule has 1 amide bonds. The van der Waals surface area contributed by atoms with Gasteiger partial charge in [-0.2, -0.15) is 17.5 Å². The summed E-state index contributed by atoms with van der Waals surface area (Å²) in [6.45, 7) is 0.778. The van der Waals surface area contributed by atoms with Crippen LogP contribution < -0.4 is 0 Å². The molecule has 0 bridgehead atoms. The van der Waals surface area contributed by atoms with Crippen LogP contribution in [0.5, 0.6) is 0 Å². The molecule has 1 heterocycles. The molecular formula is C23H21F3N2O3S. The van der Waals surface area contributed by atoms with Crippen molar-refractivity contribution in [2.75, 3.05) is 26.2 Å². The monoisotopic (exact) mass is 462 g/mol. The maximum Gasteiger partial charge on any atom is 0.416 e. The largest absolute Gasteiger partial charge is 0.416 e. The van der Waals surface area contributed by atoms with Gasteiger partial charge >= 0.3 is 6.18 Å². The zero-order valence-electron chi connectivity index (χ0n) is 17.0. The Morgan fingerprint density at radius 3 is 2.09 bits per heavy atom. The highest BCUT2D eigenvalue weighted by atomic mass is 32.2. The van der Waals surface area contributed by atoms with Crippen LogP contribution in [0.15, 0.2) is 71.6 Å². The van der Waals surface area contributed by atoms with Gasteiger partial charge in [0.25, 0.3) is 0 Å². The molecule has 0 saturated carbocycles. The van der Waals surface area contributed by atoms with E-state index in [2.05, 4.69) is 0 Å². The lowest BCUT2D eigenvalue weighted by molar-refractivity contribution is -0.137. The van der Waals surface area contributed by atoms with Crippen molar-refractivity contribution in [2.24, 2.45) is 0 Å². The van der Waals surface area contributed by atoms with Gasteiger partial charge in [0, 0.05) is 26.2 Å². The van der Waals surface area contributed by atoms with Crippen molar-refractivity contribution in [3.8, 4) is 0 Å². The van der Waals surface area contributed by atoms with Gasteiger partial charge in [0.05, 0.1) is 16.9 Å². The van der Waals surface area contributed by atoms with Crippen LogP contribution in [0.4, 0.5) is 13.2 Å². The molecule has 1 aliphatic heterocycles. The Labute approximate surface area is 184 Å². The normalized spacial score (nSPS) is 15.8. The van der Waals surface area contributed by atoms with Crippen LogP contribution in [0.2, 0.25) is 0 Å². The summed E-state index contributed by atoms with van der Waals surface area (Å²) in [5.74, 6) is -0.243. The highest BCUT2D eigenvalue weighted by molar-refractivity contribution is 7.89. The highest BCUT2D eigenvalue weighted by Crippen LogP contribution is 2.29. The Kier molecular flexibility index (Phi) is 5.96. The average molecular weight is 462 g/mol. The third-order valence-electron chi connectivity index (χ3n) is 5.59. The molecule has 3 aromatic rings. The molecule has 0 spiro atoms. The molecule has 9 heteroatoms. The number of halogens is 3. The summed E-state index contributed by atoms with van der Waals surface area (Å²) in [7, 11) is -3.69. The average Bonchev–Trinajstić information content (AvgIpc) is 2.78. The van der Waals surface area contributed by atoms with Gasteiger partial charge in [-0.1, -0.05) is 42.5 Å². The minimum absolute atomic E-state index is 0.0322. The molecule has 0 unspecified atom stereocenters. The van der Waals surface area contributed by atoms with Gasteiger partial charge in [-0.05, 0) is 40.6 Å². The third-order valence-corrected chi connectivity index (χ3v) is 7.48. The Bertz CT molecular complexity index is 1230. The zero-order chi connectivity index (χ0) is 22.9. The van der Waals surface area contributed by atoms with Gasteiger partial charge in [0.15, 0.2) is 0 Å². The lowest BCUT2D eigenvalue weighted by Crippen LogP contribution is -2.50. The van der Waals surface area contributed by atoms with E-state index < -0.39 is 21.8 Å². The molecule has 168 valence electrons. The van der Waals surface area contributed by atoms with Crippen molar-refractivity contribution in [3.63, 3.8) is 0 Å². The van der Waals surface area contributed by atoms with Crippen molar-refractivity contribution >= 4 is 26.7 Å². The van der Waals surface area contributed by atoms with E-state index in [1.165, 1.54) is 16.4 Å². The molecule has 0 aliphatic carbocycles. The highest BCUT2D eigenvalue weighted by Gasteiger charge is 2.31. The van der Waals surface area contributed by atoms with Crippen LogP contribution in [0.25, 0.3) is 10.8 Å². The van der Waals surface area contributed by atoms with Crippen LogP contribution in [-0.4, -0.2) is 49.7 Å². The number of alkyl halides is 3. The van der Waals surface area contributed by atoms with Crippen molar-refractivity contribution in [3.05, 3.63) is 77.9 Å². The number of benzene rings is 3. The van der Waals surface area contributed by atoms with Crippen molar-refractivity contribution in [1.82, 2.24) is 9.21 Å². The Morgan fingerprint density at radius 2 is 1.47 bits per heavy atom. The first-order valence-corrected chi connectivity index (χ1v) is 11.5. The minimum atomic E-state index is -4.42. The first kappa shape index (κ1) is 22.3. The van der Waals surface area contributed by atoms with Gasteiger partial charge in [-0.25, -0.2) is 8.42 Å². The Hall–Kier alpha value is -2.91. The molecule has 3 aromatic carbocycles. The van der Waals surface area contributed by atoms with Crippen LogP contribution in [-0.2, 0) is 27.4 Å². The topological polar surface area (TPSA) is 57.7 Å². The van der Waals surface area contributed by atoms with E-state index in [1.807, 2.05) is 24.3 Å². The summed E-state index contributed by atoms with van der Waals surface area (Å²) in [6, 6.07) is 17.0. The predicted octanol–water partition coefficient (Wildman–Crippen LogP) is 3.93. The smallest absolute Gasteiger partial charge is 0.340 e. The van der Waals surface area contributed by atoms with Crippen LogP contribution in [0.3, 0.4) is 0 Å². The van der Waals surface area contributed by atoms with E-state index in [9.17, 15) is 26.4 Å². The predicted molar refractivity (Wildman–Crippen MR) is 114 cm³/mol. The van der Waals surface area contributed by atoms with Crippen LogP contribution in [0, 0.1) is 0 Å². The zero-order valence-corrected chi connectivity index (χ0v) is 17.9. The van der Waals surface area contributed by atoms with E-state index in [4.69, 9.17) is 0 Å². The second-order valence-electron chi connectivity index (χ2n) is 7.67. The maximum absolute atomic E-state index is 13.0. The van der Waals surface area contributed by atoms with Gasteiger partial charge < -0.3 is 4.90 Å². The van der Waals surface area contributed by atoms with E-state index >= 15 is 0 Å². The second-order valence-corrected chi connectivity index (χ2v) is 9.60. The SMILES string of the molecule is O=C(Cc1ccc(C(F)(F)F)cc1)N1CCN(S(=O)(=O)c2ccc3ccccc3c2)CC1. The lowest BCUT2D eigenvalue weighted by atomic mass is 10.1. The standard InChI is InChI=1S/C23H21F3N2O3S/c24-23(25,26)20-8-5-17(6-9-20)15-22(29)27-11-13-28(14-12-27)32(30,31)21-10-7-18-3-1-2-4-19(18)16-21/h1-10,16H,11-15H2. The summed E-state index contributed by atoms with van der Waals surface area (Å²) < 4.78 is 65.5. The first-order chi connectivity index (χ1) is 15.1. The number of piperazine rings is 1. The van der Waals surface area contributed by atoms with E-state index in [-0.39, 0.29) is 43.4 Å². The van der Waals surface area contributed by atoms with E-state index in [0.717, 1.165) is 22.9 Å². The van der Waals surface area contributed by atoms with E-state index in [1.54, 1.807) is 23.1 Å². The first-order valence-electron chi connectivity index (χ1n) is 10.1. The van der Waals surface area contributed by atoms with Crippen molar-refractivity contribution < 1.29 is 26.4 Å². The molecule has 0 N–H and O–H groups in total. The Morgan fingerprint density at radius 1 is 0.844 bits per heavy atom. The lowest BCUT2D eigenvalue weighted by Gasteiger charge is -2.34. The fraction of sp³-hybridized carbons (Fsp3) is 0.261.